The van der Waals surface area contributed by atoms with Crippen LogP contribution in [0.1, 0.15) is 24.8 Å². The third-order valence-electron chi connectivity index (χ3n) is 3.07. The predicted octanol–water partition coefficient (Wildman–Crippen LogP) is 2.20. The van der Waals surface area contributed by atoms with Crippen molar-refractivity contribution < 1.29 is 14.8 Å². The van der Waals surface area contributed by atoms with Gasteiger partial charge in [0, 0.05) is 12.1 Å². The molecule has 0 aromatic heterocycles. The molecule has 1 aromatic rings. The van der Waals surface area contributed by atoms with Crippen molar-refractivity contribution in [1.29, 1.82) is 0 Å². The zero-order valence-corrected chi connectivity index (χ0v) is 9.63. The van der Waals surface area contributed by atoms with E-state index >= 15 is 0 Å². The van der Waals surface area contributed by atoms with E-state index in [1.54, 1.807) is 13.0 Å². The Balaban J connectivity index is 2.14. The Bertz CT molecular complexity index is 433. The summed E-state index contributed by atoms with van der Waals surface area (Å²) in [6, 6.07) is 4.50. The summed E-state index contributed by atoms with van der Waals surface area (Å²) in [5.41, 5.74) is 0.778. The summed E-state index contributed by atoms with van der Waals surface area (Å²) >= 11 is 0. The van der Waals surface area contributed by atoms with Crippen LogP contribution in [-0.4, -0.2) is 22.2 Å². The number of ether oxygens (including phenoxy) is 1. The summed E-state index contributed by atoms with van der Waals surface area (Å²) in [5, 5.41) is 20.2. The highest BCUT2D eigenvalue weighted by Crippen LogP contribution is 2.28. The molecule has 1 aliphatic rings. The molecule has 0 bridgehead atoms. The predicted molar refractivity (Wildman–Crippen MR) is 62.1 cm³/mol. The molecule has 1 aromatic carbocycles. The second kappa shape index (κ2) is 4.71. The lowest BCUT2D eigenvalue weighted by molar-refractivity contribution is -0.384. The fourth-order valence-corrected chi connectivity index (χ4v) is 2.09. The molecule has 0 saturated heterocycles. The molecule has 1 N–H and O–H groups in total. The summed E-state index contributed by atoms with van der Waals surface area (Å²) < 4.78 is 5.68. The van der Waals surface area contributed by atoms with Gasteiger partial charge in [-0.25, -0.2) is 0 Å². The average Bonchev–Trinajstić information content (AvgIpc) is 2.67. The van der Waals surface area contributed by atoms with Gasteiger partial charge in [0.1, 0.15) is 11.9 Å². The first-order chi connectivity index (χ1) is 8.08. The summed E-state index contributed by atoms with van der Waals surface area (Å²) in [6.07, 6.45) is 1.94. The van der Waals surface area contributed by atoms with Crippen molar-refractivity contribution in [2.45, 2.75) is 38.4 Å². The van der Waals surface area contributed by atoms with Crippen LogP contribution in [0, 0.1) is 17.0 Å². The molecule has 1 aliphatic carbocycles. The van der Waals surface area contributed by atoms with Crippen LogP contribution in [0.3, 0.4) is 0 Å². The Morgan fingerprint density at radius 3 is 2.76 bits per heavy atom. The number of aliphatic hydroxyl groups excluding tert-OH is 1. The first-order valence-electron chi connectivity index (χ1n) is 5.67. The minimum Gasteiger partial charge on any atom is -0.487 e. The zero-order chi connectivity index (χ0) is 12.4. The smallest absolute Gasteiger partial charge is 0.269 e. The number of rotatable bonds is 3. The molecule has 0 aliphatic heterocycles. The van der Waals surface area contributed by atoms with Gasteiger partial charge in [-0.3, -0.25) is 10.1 Å². The number of aryl methyl sites for hydroxylation is 1. The van der Waals surface area contributed by atoms with Crippen LogP contribution in [0.2, 0.25) is 0 Å². The summed E-state index contributed by atoms with van der Waals surface area (Å²) in [4.78, 5) is 10.2. The van der Waals surface area contributed by atoms with Crippen LogP contribution in [0.4, 0.5) is 5.69 Å². The van der Waals surface area contributed by atoms with Gasteiger partial charge < -0.3 is 9.84 Å². The molecule has 1 fully saturated rings. The van der Waals surface area contributed by atoms with Crippen molar-refractivity contribution in [3.05, 3.63) is 33.9 Å². The Morgan fingerprint density at radius 1 is 1.47 bits per heavy atom. The average molecular weight is 237 g/mol. The fourth-order valence-electron chi connectivity index (χ4n) is 2.09. The molecular formula is C12H15NO4. The van der Waals surface area contributed by atoms with Gasteiger partial charge in [-0.05, 0) is 37.8 Å². The number of hydrogen-bond acceptors (Lipinski definition) is 4. The molecule has 5 heteroatoms. The standard InChI is InChI=1S/C12H15NO4/c1-8-7-9(13(15)16)5-6-11(8)17-12-4-2-3-10(12)14/h5-7,10,12,14H,2-4H2,1H3/t10-,12-/m1/s1. The quantitative estimate of drug-likeness (QED) is 0.646. The number of benzene rings is 1. The van der Waals surface area contributed by atoms with Crippen molar-refractivity contribution in [1.82, 2.24) is 0 Å². The Morgan fingerprint density at radius 2 is 2.24 bits per heavy atom. The molecule has 2 atom stereocenters. The highest BCUT2D eigenvalue weighted by molar-refractivity contribution is 5.43. The van der Waals surface area contributed by atoms with Gasteiger partial charge in [0.2, 0.25) is 0 Å². The molecule has 0 unspecified atom stereocenters. The summed E-state index contributed by atoms with van der Waals surface area (Å²) in [7, 11) is 0. The van der Waals surface area contributed by atoms with E-state index in [0.29, 0.717) is 5.75 Å². The van der Waals surface area contributed by atoms with E-state index < -0.39 is 11.0 Å². The highest BCUT2D eigenvalue weighted by Gasteiger charge is 2.27. The van der Waals surface area contributed by atoms with Crippen molar-refractivity contribution in [3.8, 4) is 5.75 Å². The number of hydrogen-bond donors (Lipinski definition) is 1. The van der Waals surface area contributed by atoms with E-state index in [9.17, 15) is 15.2 Å². The molecule has 5 nitrogen and oxygen atoms in total. The van der Waals surface area contributed by atoms with E-state index in [1.807, 2.05) is 0 Å². The molecule has 0 amide bonds. The topological polar surface area (TPSA) is 72.6 Å². The molecule has 0 spiro atoms. The molecular weight excluding hydrogens is 222 g/mol. The second-order valence-electron chi connectivity index (χ2n) is 4.36. The monoisotopic (exact) mass is 237 g/mol. The van der Waals surface area contributed by atoms with Crippen molar-refractivity contribution in [2.75, 3.05) is 0 Å². The van der Waals surface area contributed by atoms with Gasteiger partial charge in [-0.1, -0.05) is 0 Å². The molecule has 0 heterocycles. The zero-order valence-electron chi connectivity index (χ0n) is 9.63. The van der Waals surface area contributed by atoms with Gasteiger partial charge in [0.05, 0.1) is 11.0 Å². The fraction of sp³-hybridized carbons (Fsp3) is 0.500. The minimum absolute atomic E-state index is 0.0572. The maximum Gasteiger partial charge on any atom is 0.269 e. The molecule has 0 radical (unpaired) electrons. The largest absolute Gasteiger partial charge is 0.487 e. The molecule has 1 saturated carbocycles. The lowest BCUT2D eigenvalue weighted by Gasteiger charge is -2.18. The van der Waals surface area contributed by atoms with Crippen LogP contribution in [-0.2, 0) is 0 Å². The normalized spacial score (nSPS) is 23.6. The summed E-state index contributed by atoms with van der Waals surface area (Å²) in [6.45, 7) is 1.77. The van der Waals surface area contributed by atoms with E-state index in [-0.39, 0.29) is 11.8 Å². The molecule has 92 valence electrons. The highest BCUT2D eigenvalue weighted by atomic mass is 16.6. The molecule has 17 heavy (non-hydrogen) atoms. The van der Waals surface area contributed by atoms with Crippen molar-refractivity contribution >= 4 is 5.69 Å². The van der Waals surface area contributed by atoms with Crippen LogP contribution in [0.15, 0.2) is 18.2 Å². The number of nitro groups is 1. The number of non-ortho nitro benzene ring substituents is 1. The maximum atomic E-state index is 10.6. The first-order valence-corrected chi connectivity index (χ1v) is 5.67. The number of nitrogens with zero attached hydrogens (tertiary/aromatic N) is 1. The third-order valence-corrected chi connectivity index (χ3v) is 3.07. The molecule has 2 rings (SSSR count). The van der Waals surface area contributed by atoms with Gasteiger partial charge in [-0.2, -0.15) is 0 Å². The van der Waals surface area contributed by atoms with E-state index in [1.165, 1.54) is 12.1 Å². The third kappa shape index (κ3) is 2.55. The van der Waals surface area contributed by atoms with Crippen LogP contribution in [0.5, 0.6) is 5.75 Å². The lowest BCUT2D eigenvalue weighted by Crippen LogP contribution is -2.25. The van der Waals surface area contributed by atoms with Gasteiger partial charge in [0.25, 0.3) is 5.69 Å². The lowest BCUT2D eigenvalue weighted by atomic mass is 10.2. The van der Waals surface area contributed by atoms with Gasteiger partial charge in [0.15, 0.2) is 0 Å². The number of aliphatic hydroxyl groups is 1. The van der Waals surface area contributed by atoms with Crippen LogP contribution < -0.4 is 4.74 Å². The van der Waals surface area contributed by atoms with Gasteiger partial charge >= 0.3 is 0 Å². The maximum absolute atomic E-state index is 10.6. The Kier molecular flexibility index (Phi) is 3.28. The van der Waals surface area contributed by atoms with Crippen LogP contribution >= 0.6 is 0 Å². The van der Waals surface area contributed by atoms with Crippen molar-refractivity contribution in [3.63, 3.8) is 0 Å². The SMILES string of the molecule is Cc1cc([N+](=O)[O-])ccc1O[C@@H]1CCC[C@H]1O. The van der Waals surface area contributed by atoms with Crippen molar-refractivity contribution in [2.24, 2.45) is 0 Å². The van der Waals surface area contributed by atoms with E-state index in [2.05, 4.69) is 0 Å². The van der Waals surface area contributed by atoms with Crippen LogP contribution in [0.25, 0.3) is 0 Å². The van der Waals surface area contributed by atoms with Gasteiger partial charge in [-0.15, -0.1) is 0 Å². The van der Waals surface area contributed by atoms with E-state index in [4.69, 9.17) is 4.74 Å². The minimum atomic E-state index is -0.429. The summed E-state index contributed by atoms with van der Waals surface area (Å²) in [5.74, 6) is 0.613. The second-order valence-corrected chi connectivity index (χ2v) is 4.36. The first kappa shape index (κ1) is 11.9. The number of nitro benzene ring substituents is 1. The Hall–Kier alpha value is -1.62. The Labute approximate surface area is 99.2 Å². The van der Waals surface area contributed by atoms with E-state index in [0.717, 1.165) is 24.8 Å².